The molecule has 0 aliphatic heterocycles. The molecule has 94 valence electrons. The van der Waals surface area contributed by atoms with Crippen LogP contribution in [0.3, 0.4) is 0 Å². The fourth-order valence-corrected chi connectivity index (χ4v) is 2.30. The van der Waals surface area contributed by atoms with Crippen molar-refractivity contribution in [1.82, 2.24) is 4.72 Å². The van der Waals surface area contributed by atoms with Crippen LogP contribution in [0.1, 0.15) is 20.3 Å². The summed E-state index contributed by atoms with van der Waals surface area (Å²) in [6.07, 6.45) is 0.585. The first-order chi connectivity index (χ1) is 7.86. The first-order valence-electron chi connectivity index (χ1n) is 5.19. The number of hydrogen-bond acceptors (Lipinski definition) is 3. The zero-order chi connectivity index (χ0) is 13.1. The van der Waals surface area contributed by atoms with Crippen molar-refractivity contribution in [1.29, 1.82) is 0 Å². The Kier molecular flexibility index (Phi) is 4.54. The van der Waals surface area contributed by atoms with Gasteiger partial charge in [0.1, 0.15) is 0 Å². The number of carbonyl (C=O) groups is 1. The summed E-state index contributed by atoms with van der Waals surface area (Å²) >= 11 is 5.66. The lowest BCUT2D eigenvalue weighted by Crippen LogP contribution is -2.34. The van der Waals surface area contributed by atoms with Crippen molar-refractivity contribution in [3.8, 4) is 0 Å². The van der Waals surface area contributed by atoms with Crippen LogP contribution in [0.25, 0.3) is 0 Å². The van der Waals surface area contributed by atoms with E-state index < -0.39 is 15.9 Å². The number of rotatable bonds is 4. The fourth-order valence-electron chi connectivity index (χ4n) is 1.09. The second kappa shape index (κ2) is 5.51. The number of nitrogens with one attached hydrogen (secondary N) is 1. The Labute approximate surface area is 106 Å². The number of amides is 1. The van der Waals surface area contributed by atoms with Gasteiger partial charge in [0.15, 0.2) is 0 Å². The van der Waals surface area contributed by atoms with Gasteiger partial charge in [-0.25, -0.2) is 13.1 Å². The molecule has 1 aromatic rings. The van der Waals surface area contributed by atoms with Gasteiger partial charge in [-0.3, -0.25) is 4.79 Å². The van der Waals surface area contributed by atoms with Crippen molar-refractivity contribution in [2.45, 2.75) is 25.2 Å². The molecule has 0 spiro atoms. The van der Waals surface area contributed by atoms with E-state index in [-0.39, 0.29) is 10.8 Å². The van der Waals surface area contributed by atoms with Crippen LogP contribution in [-0.2, 0) is 14.8 Å². The molecule has 6 heteroatoms. The van der Waals surface area contributed by atoms with Crippen molar-refractivity contribution < 1.29 is 13.2 Å². The molecule has 0 aliphatic rings. The standard InChI is InChI=1S/C11H14ClNO3S/c1-3-8(2)11(14)13-17(15,16)10-6-4-9(12)5-7-10/h4-8H,3H2,1-2H3,(H,13,14). The Hall–Kier alpha value is -1.07. The van der Waals surface area contributed by atoms with Crippen molar-refractivity contribution in [3.63, 3.8) is 0 Å². The van der Waals surface area contributed by atoms with E-state index in [1.807, 2.05) is 11.6 Å². The van der Waals surface area contributed by atoms with Crippen LogP contribution in [0.15, 0.2) is 29.2 Å². The average Bonchev–Trinajstić information content (AvgIpc) is 2.27. The van der Waals surface area contributed by atoms with Gasteiger partial charge in [-0.1, -0.05) is 25.4 Å². The molecule has 0 aromatic heterocycles. The van der Waals surface area contributed by atoms with E-state index in [0.717, 1.165) is 0 Å². The fraction of sp³-hybridized carbons (Fsp3) is 0.364. The monoisotopic (exact) mass is 275 g/mol. The minimum Gasteiger partial charge on any atom is -0.274 e. The zero-order valence-electron chi connectivity index (χ0n) is 9.60. The highest BCUT2D eigenvalue weighted by molar-refractivity contribution is 7.90. The van der Waals surface area contributed by atoms with Gasteiger partial charge in [0, 0.05) is 10.9 Å². The molecule has 4 nitrogen and oxygen atoms in total. The molecule has 0 aliphatic carbocycles. The summed E-state index contributed by atoms with van der Waals surface area (Å²) in [6, 6.07) is 5.64. The first-order valence-corrected chi connectivity index (χ1v) is 7.05. The molecule has 0 saturated heterocycles. The van der Waals surface area contributed by atoms with Crippen LogP contribution in [-0.4, -0.2) is 14.3 Å². The molecule has 0 saturated carbocycles. The third-order valence-electron chi connectivity index (χ3n) is 2.42. The van der Waals surface area contributed by atoms with Crippen molar-refractivity contribution in [3.05, 3.63) is 29.3 Å². The Morgan fingerprint density at radius 1 is 1.35 bits per heavy atom. The number of halogens is 1. The summed E-state index contributed by atoms with van der Waals surface area (Å²) < 4.78 is 25.6. The molecular formula is C11H14ClNO3S. The smallest absolute Gasteiger partial charge is 0.264 e. The molecule has 1 aromatic carbocycles. The molecule has 0 bridgehead atoms. The second-order valence-corrected chi connectivity index (χ2v) is 5.85. The maximum Gasteiger partial charge on any atom is 0.264 e. The first kappa shape index (κ1) is 14.0. The van der Waals surface area contributed by atoms with Gasteiger partial charge >= 0.3 is 0 Å². The maximum atomic E-state index is 11.8. The van der Waals surface area contributed by atoms with Gasteiger partial charge in [-0.15, -0.1) is 0 Å². The van der Waals surface area contributed by atoms with Gasteiger partial charge in [0.25, 0.3) is 10.0 Å². The Bertz CT molecular complexity index is 496. The van der Waals surface area contributed by atoms with E-state index in [1.54, 1.807) is 6.92 Å². The SMILES string of the molecule is CCC(C)C(=O)NS(=O)(=O)c1ccc(Cl)cc1. The van der Waals surface area contributed by atoms with E-state index in [4.69, 9.17) is 11.6 Å². The molecule has 17 heavy (non-hydrogen) atoms. The van der Waals surface area contributed by atoms with Gasteiger partial charge < -0.3 is 0 Å². The van der Waals surface area contributed by atoms with E-state index in [0.29, 0.717) is 11.4 Å². The highest BCUT2D eigenvalue weighted by Crippen LogP contribution is 2.14. The number of benzene rings is 1. The van der Waals surface area contributed by atoms with Crippen LogP contribution in [0.2, 0.25) is 5.02 Å². The molecule has 1 unspecified atom stereocenters. The number of hydrogen-bond donors (Lipinski definition) is 1. The normalized spacial score (nSPS) is 13.1. The quantitative estimate of drug-likeness (QED) is 0.916. The average molecular weight is 276 g/mol. The van der Waals surface area contributed by atoms with E-state index in [9.17, 15) is 13.2 Å². The maximum absolute atomic E-state index is 11.8. The number of sulfonamides is 1. The van der Waals surface area contributed by atoms with Crippen molar-refractivity contribution in [2.75, 3.05) is 0 Å². The molecule has 0 heterocycles. The van der Waals surface area contributed by atoms with Gasteiger partial charge in [0.2, 0.25) is 5.91 Å². The minimum absolute atomic E-state index is 0.0264. The summed E-state index contributed by atoms with van der Waals surface area (Å²) in [4.78, 5) is 11.5. The zero-order valence-corrected chi connectivity index (χ0v) is 11.2. The summed E-state index contributed by atoms with van der Waals surface area (Å²) in [7, 11) is -3.79. The highest BCUT2D eigenvalue weighted by atomic mass is 35.5. The summed E-state index contributed by atoms with van der Waals surface area (Å²) in [5.41, 5.74) is 0. The second-order valence-electron chi connectivity index (χ2n) is 3.73. The molecular weight excluding hydrogens is 262 g/mol. The lowest BCUT2D eigenvalue weighted by atomic mass is 10.1. The van der Waals surface area contributed by atoms with Crippen LogP contribution in [0, 0.1) is 5.92 Å². The highest BCUT2D eigenvalue weighted by Gasteiger charge is 2.20. The lowest BCUT2D eigenvalue weighted by molar-refractivity contribution is -0.122. The third-order valence-corrected chi connectivity index (χ3v) is 4.03. The van der Waals surface area contributed by atoms with Crippen LogP contribution < -0.4 is 4.72 Å². The summed E-state index contributed by atoms with van der Waals surface area (Å²) in [5, 5.41) is 0.442. The van der Waals surface area contributed by atoms with Crippen LogP contribution in [0.5, 0.6) is 0 Å². The van der Waals surface area contributed by atoms with Gasteiger partial charge in [-0.2, -0.15) is 0 Å². The molecule has 0 radical (unpaired) electrons. The lowest BCUT2D eigenvalue weighted by Gasteiger charge is -2.10. The Morgan fingerprint density at radius 3 is 2.35 bits per heavy atom. The van der Waals surface area contributed by atoms with Crippen molar-refractivity contribution >= 4 is 27.5 Å². The topological polar surface area (TPSA) is 63.2 Å². The predicted octanol–water partition coefficient (Wildman–Crippen LogP) is 2.19. The Balaban J connectivity index is 2.89. The van der Waals surface area contributed by atoms with Crippen molar-refractivity contribution in [2.24, 2.45) is 5.92 Å². The van der Waals surface area contributed by atoms with E-state index in [2.05, 4.69) is 0 Å². The van der Waals surface area contributed by atoms with Crippen LogP contribution >= 0.6 is 11.6 Å². The van der Waals surface area contributed by atoms with Crippen LogP contribution in [0.4, 0.5) is 0 Å². The van der Waals surface area contributed by atoms with E-state index in [1.165, 1.54) is 24.3 Å². The largest absolute Gasteiger partial charge is 0.274 e. The van der Waals surface area contributed by atoms with Gasteiger partial charge in [0.05, 0.1) is 4.90 Å². The molecule has 1 amide bonds. The van der Waals surface area contributed by atoms with Gasteiger partial charge in [-0.05, 0) is 30.7 Å². The number of carbonyl (C=O) groups excluding carboxylic acids is 1. The Morgan fingerprint density at radius 2 is 1.88 bits per heavy atom. The summed E-state index contributed by atoms with van der Waals surface area (Å²) in [6.45, 7) is 3.49. The minimum atomic E-state index is -3.79. The van der Waals surface area contributed by atoms with E-state index >= 15 is 0 Å². The third kappa shape index (κ3) is 3.71. The predicted molar refractivity (Wildman–Crippen MR) is 66.2 cm³/mol. The molecule has 1 rings (SSSR count). The molecule has 0 fully saturated rings. The molecule has 1 atom stereocenters. The molecule has 1 N–H and O–H groups in total. The summed E-state index contributed by atoms with van der Waals surface area (Å²) in [5.74, 6) is -0.834.